The van der Waals surface area contributed by atoms with Crippen LogP contribution in [-0.4, -0.2) is 12.0 Å². The van der Waals surface area contributed by atoms with Gasteiger partial charge in [-0.2, -0.15) is 0 Å². The van der Waals surface area contributed by atoms with Crippen molar-refractivity contribution in [3.05, 3.63) is 28.7 Å². The predicted octanol–water partition coefficient (Wildman–Crippen LogP) is 2.34. The first-order chi connectivity index (χ1) is 6.74. The molecule has 0 bridgehead atoms. The molecule has 1 aliphatic carbocycles. The van der Waals surface area contributed by atoms with Gasteiger partial charge in [0.25, 0.3) is 0 Å². The number of rotatable bonds is 2. The Morgan fingerprint density at radius 1 is 1.36 bits per heavy atom. The Balaban J connectivity index is 1.99. The van der Waals surface area contributed by atoms with Crippen molar-refractivity contribution in [3.63, 3.8) is 0 Å². The number of nitrogens with zero attached hydrogens (tertiary/aromatic N) is 1. The van der Waals surface area contributed by atoms with Gasteiger partial charge in [-0.25, -0.2) is 4.99 Å². The summed E-state index contributed by atoms with van der Waals surface area (Å²) < 4.78 is 1.06. The Hall–Kier alpha value is -1.03. The first-order valence-electron chi connectivity index (χ1n) is 4.60. The lowest BCUT2D eigenvalue weighted by atomic mass is 10.3. The molecule has 0 aromatic heterocycles. The number of benzene rings is 1. The number of nitrogens with two attached hydrogens (primary N) is 1. The highest BCUT2D eigenvalue weighted by molar-refractivity contribution is 9.10. The van der Waals surface area contributed by atoms with Crippen LogP contribution in [-0.2, 0) is 0 Å². The van der Waals surface area contributed by atoms with Crippen molar-refractivity contribution in [1.29, 1.82) is 0 Å². The van der Waals surface area contributed by atoms with E-state index in [2.05, 4.69) is 26.2 Å². The van der Waals surface area contributed by atoms with Crippen LogP contribution in [0, 0.1) is 0 Å². The van der Waals surface area contributed by atoms with Crippen molar-refractivity contribution < 1.29 is 0 Å². The van der Waals surface area contributed by atoms with E-state index in [0.717, 1.165) is 10.2 Å². The molecule has 1 saturated carbocycles. The fraction of sp³-hybridized carbons (Fsp3) is 0.300. The van der Waals surface area contributed by atoms with Crippen LogP contribution < -0.4 is 11.1 Å². The second kappa shape index (κ2) is 4.00. The summed E-state index contributed by atoms with van der Waals surface area (Å²) in [4.78, 5) is 4.28. The van der Waals surface area contributed by atoms with E-state index in [9.17, 15) is 0 Å². The third-order valence-electron chi connectivity index (χ3n) is 1.99. The van der Waals surface area contributed by atoms with E-state index in [1.807, 2.05) is 24.3 Å². The highest BCUT2D eigenvalue weighted by atomic mass is 79.9. The van der Waals surface area contributed by atoms with E-state index in [0.29, 0.717) is 12.0 Å². The number of anilines is 1. The molecule has 4 heteroatoms. The highest BCUT2D eigenvalue weighted by Crippen LogP contribution is 2.23. The molecule has 1 aromatic carbocycles. The van der Waals surface area contributed by atoms with Gasteiger partial charge >= 0.3 is 0 Å². The minimum absolute atomic E-state index is 0.456. The maximum absolute atomic E-state index is 5.71. The quantitative estimate of drug-likeness (QED) is 0.628. The van der Waals surface area contributed by atoms with Crippen molar-refractivity contribution in [1.82, 2.24) is 0 Å². The minimum Gasteiger partial charge on any atom is -0.370 e. The third kappa shape index (κ3) is 2.73. The topological polar surface area (TPSA) is 50.4 Å². The van der Waals surface area contributed by atoms with E-state index < -0.39 is 0 Å². The normalized spacial score (nSPS) is 16.8. The van der Waals surface area contributed by atoms with E-state index in [1.165, 1.54) is 12.8 Å². The fourth-order valence-corrected chi connectivity index (χ4v) is 1.38. The van der Waals surface area contributed by atoms with Gasteiger partial charge in [0.05, 0.1) is 6.04 Å². The molecule has 1 aliphatic rings. The van der Waals surface area contributed by atoms with Crippen molar-refractivity contribution in [2.75, 3.05) is 5.32 Å². The SMILES string of the molecule is NC(=NC1CC1)Nc1ccc(Br)cc1. The average molecular weight is 254 g/mol. The van der Waals surface area contributed by atoms with Gasteiger partial charge in [-0.3, -0.25) is 0 Å². The summed E-state index contributed by atoms with van der Waals surface area (Å²) >= 11 is 3.37. The fourth-order valence-electron chi connectivity index (χ4n) is 1.11. The maximum Gasteiger partial charge on any atom is 0.193 e. The zero-order chi connectivity index (χ0) is 9.97. The number of guanidine groups is 1. The lowest BCUT2D eigenvalue weighted by molar-refractivity contribution is 1.06. The van der Waals surface area contributed by atoms with Crippen LogP contribution in [0.2, 0.25) is 0 Å². The third-order valence-corrected chi connectivity index (χ3v) is 2.51. The number of aliphatic imine (C=N–C) groups is 1. The summed E-state index contributed by atoms with van der Waals surface area (Å²) in [7, 11) is 0. The highest BCUT2D eigenvalue weighted by Gasteiger charge is 2.20. The van der Waals surface area contributed by atoms with Crippen LogP contribution in [0.5, 0.6) is 0 Å². The smallest absolute Gasteiger partial charge is 0.193 e. The van der Waals surface area contributed by atoms with Crippen LogP contribution >= 0.6 is 15.9 Å². The van der Waals surface area contributed by atoms with Crippen LogP contribution in [0.25, 0.3) is 0 Å². The Bertz CT molecular complexity index is 341. The van der Waals surface area contributed by atoms with Gasteiger partial charge in [-0.1, -0.05) is 15.9 Å². The molecule has 0 saturated heterocycles. The van der Waals surface area contributed by atoms with Crippen molar-refractivity contribution in [2.45, 2.75) is 18.9 Å². The molecule has 3 N–H and O–H groups in total. The van der Waals surface area contributed by atoms with Crippen LogP contribution in [0.3, 0.4) is 0 Å². The molecule has 0 heterocycles. The van der Waals surface area contributed by atoms with Gasteiger partial charge in [-0.05, 0) is 37.1 Å². The van der Waals surface area contributed by atoms with E-state index >= 15 is 0 Å². The standard InChI is InChI=1S/C10H12BrN3/c11-7-1-3-8(4-2-7)13-10(12)14-9-5-6-9/h1-4,9H,5-6H2,(H3,12,13,14). The van der Waals surface area contributed by atoms with Gasteiger partial charge in [-0.15, -0.1) is 0 Å². The van der Waals surface area contributed by atoms with Crippen LogP contribution in [0.15, 0.2) is 33.7 Å². The lowest BCUT2D eigenvalue weighted by Crippen LogP contribution is -2.22. The summed E-state index contributed by atoms with van der Waals surface area (Å²) in [6, 6.07) is 8.30. The molecule has 0 aliphatic heterocycles. The summed E-state index contributed by atoms with van der Waals surface area (Å²) in [6.07, 6.45) is 2.34. The molecule has 0 radical (unpaired) electrons. The van der Waals surface area contributed by atoms with E-state index in [4.69, 9.17) is 5.73 Å². The van der Waals surface area contributed by atoms with Gasteiger partial charge in [0.2, 0.25) is 0 Å². The molecule has 74 valence electrons. The molecular weight excluding hydrogens is 242 g/mol. The molecule has 0 spiro atoms. The number of hydrogen-bond donors (Lipinski definition) is 2. The van der Waals surface area contributed by atoms with Crippen molar-refractivity contribution >= 4 is 27.6 Å². The predicted molar refractivity (Wildman–Crippen MR) is 62.4 cm³/mol. The average Bonchev–Trinajstić information content (AvgIpc) is 2.93. The summed E-state index contributed by atoms with van der Waals surface area (Å²) in [6.45, 7) is 0. The summed E-state index contributed by atoms with van der Waals surface area (Å²) in [5.74, 6) is 0.509. The molecule has 1 fully saturated rings. The summed E-state index contributed by atoms with van der Waals surface area (Å²) in [5, 5.41) is 3.05. The monoisotopic (exact) mass is 253 g/mol. The lowest BCUT2D eigenvalue weighted by Gasteiger charge is -2.04. The van der Waals surface area contributed by atoms with Crippen LogP contribution in [0.1, 0.15) is 12.8 Å². The molecule has 0 atom stereocenters. The van der Waals surface area contributed by atoms with Gasteiger partial charge in [0.1, 0.15) is 0 Å². The minimum atomic E-state index is 0.456. The molecule has 0 amide bonds. The van der Waals surface area contributed by atoms with Gasteiger partial charge < -0.3 is 11.1 Å². The van der Waals surface area contributed by atoms with Crippen molar-refractivity contribution in [2.24, 2.45) is 10.7 Å². The Morgan fingerprint density at radius 2 is 2.00 bits per heavy atom. The number of nitrogens with one attached hydrogen (secondary N) is 1. The molecular formula is C10H12BrN3. The second-order valence-corrected chi connectivity index (χ2v) is 4.29. The zero-order valence-corrected chi connectivity index (χ0v) is 9.29. The zero-order valence-electron chi connectivity index (χ0n) is 7.70. The first kappa shape index (κ1) is 9.52. The van der Waals surface area contributed by atoms with Crippen LogP contribution in [0.4, 0.5) is 5.69 Å². The first-order valence-corrected chi connectivity index (χ1v) is 5.39. The summed E-state index contributed by atoms with van der Waals surface area (Å²) in [5.41, 5.74) is 6.68. The van der Waals surface area contributed by atoms with Gasteiger partial charge in [0.15, 0.2) is 5.96 Å². The number of halogens is 1. The Morgan fingerprint density at radius 3 is 2.57 bits per heavy atom. The molecule has 0 unspecified atom stereocenters. The van der Waals surface area contributed by atoms with Gasteiger partial charge in [0, 0.05) is 10.2 Å². The van der Waals surface area contributed by atoms with Crippen molar-refractivity contribution in [3.8, 4) is 0 Å². The number of hydrogen-bond acceptors (Lipinski definition) is 1. The molecule has 3 nitrogen and oxygen atoms in total. The second-order valence-electron chi connectivity index (χ2n) is 3.38. The van der Waals surface area contributed by atoms with E-state index in [1.54, 1.807) is 0 Å². The largest absolute Gasteiger partial charge is 0.370 e. The molecule has 2 rings (SSSR count). The maximum atomic E-state index is 5.71. The molecule has 14 heavy (non-hydrogen) atoms. The molecule has 1 aromatic rings. The Kier molecular flexibility index (Phi) is 2.72. The Labute approximate surface area is 91.5 Å². The van der Waals surface area contributed by atoms with E-state index in [-0.39, 0.29) is 0 Å².